The lowest BCUT2D eigenvalue weighted by atomic mass is 10.1. The van der Waals surface area contributed by atoms with Crippen molar-refractivity contribution in [2.75, 3.05) is 0 Å². The molecule has 0 atom stereocenters. The van der Waals surface area contributed by atoms with Gasteiger partial charge in [-0.3, -0.25) is 4.79 Å². The summed E-state index contributed by atoms with van der Waals surface area (Å²) in [5.74, 6) is 0. The summed E-state index contributed by atoms with van der Waals surface area (Å²) in [6.07, 6.45) is -1.67. The largest absolute Gasteiger partial charge is 0.417 e. The van der Waals surface area contributed by atoms with Crippen molar-refractivity contribution in [2.24, 2.45) is 7.05 Å². The lowest BCUT2D eigenvalue weighted by Gasteiger charge is -2.07. The van der Waals surface area contributed by atoms with Gasteiger partial charge in [-0.1, -0.05) is 0 Å². The number of halogens is 3. The topological polar surface area (TPSA) is 34.9 Å². The molecule has 3 nitrogen and oxygen atoms in total. The number of carbonyl (C=O) groups excluding carboxylic acids is 1. The van der Waals surface area contributed by atoms with Gasteiger partial charge in [0, 0.05) is 30.4 Å². The monoisotopic (exact) mass is 228 g/mol. The fourth-order valence-corrected chi connectivity index (χ4v) is 1.66. The molecule has 0 N–H and O–H groups in total. The number of aromatic nitrogens is 2. The van der Waals surface area contributed by atoms with Crippen LogP contribution in [-0.2, 0) is 13.2 Å². The van der Waals surface area contributed by atoms with Crippen LogP contribution < -0.4 is 0 Å². The van der Waals surface area contributed by atoms with Crippen LogP contribution in [0.2, 0.25) is 0 Å². The second kappa shape index (κ2) is 3.33. The van der Waals surface area contributed by atoms with E-state index in [0.717, 1.165) is 12.3 Å². The van der Waals surface area contributed by atoms with Crippen molar-refractivity contribution in [3.63, 3.8) is 0 Å². The van der Waals surface area contributed by atoms with E-state index in [2.05, 4.69) is 4.98 Å². The van der Waals surface area contributed by atoms with Crippen LogP contribution in [0.4, 0.5) is 13.2 Å². The highest BCUT2D eigenvalue weighted by Gasteiger charge is 2.34. The molecule has 0 aliphatic carbocycles. The molecule has 16 heavy (non-hydrogen) atoms. The molecule has 2 rings (SSSR count). The minimum atomic E-state index is -4.49. The minimum absolute atomic E-state index is 0.00192. The number of hydrogen-bond donors (Lipinski definition) is 0. The standard InChI is InChI=1S/C10H7F3N2O/c1-15-4-6(5-16)8-7(10(11,12)13)2-3-14-9(8)15/h2-5H,1H3. The zero-order valence-electron chi connectivity index (χ0n) is 8.25. The van der Waals surface area contributed by atoms with Crippen molar-refractivity contribution >= 4 is 17.3 Å². The first-order valence-electron chi connectivity index (χ1n) is 4.41. The molecule has 0 aliphatic heterocycles. The van der Waals surface area contributed by atoms with Gasteiger partial charge in [0.05, 0.1) is 5.56 Å². The van der Waals surface area contributed by atoms with Gasteiger partial charge in [0.25, 0.3) is 0 Å². The molecule has 2 aromatic heterocycles. The molecule has 2 aromatic rings. The van der Waals surface area contributed by atoms with Gasteiger partial charge in [0.2, 0.25) is 0 Å². The Labute approximate surface area is 88.5 Å². The Kier molecular flexibility index (Phi) is 2.22. The van der Waals surface area contributed by atoms with E-state index in [0.29, 0.717) is 6.29 Å². The van der Waals surface area contributed by atoms with Crippen LogP contribution in [0.25, 0.3) is 11.0 Å². The average Bonchev–Trinajstić information content (AvgIpc) is 2.54. The fourth-order valence-electron chi connectivity index (χ4n) is 1.66. The molecule has 84 valence electrons. The molecule has 0 fully saturated rings. The summed E-state index contributed by atoms with van der Waals surface area (Å²) in [6.45, 7) is 0. The van der Waals surface area contributed by atoms with Crippen LogP contribution in [-0.4, -0.2) is 15.8 Å². The number of nitrogens with zero attached hydrogens (tertiary/aromatic N) is 2. The van der Waals surface area contributed by atoms with Crippen molar-refractivity contribution in [1.29, 1.82) is 0 Å². The van der Waals surface area contributed by atoms with Gasteiger partial charge in [0.15, 0.2) is 6.29 Å². The van der Waals surface area contributed by atoms with Crippen LogP contribution in [0, 0.1) is 0 Å². The number of pyridine rings is 1. The molecular formula is C10H7F3N2O. The Morgan fingerprint density at radius 3 is 2.69 bits per heavy atom. The Morgan fingerprint density at radius 1 is 1.44 bits per heavy atom. The van der Waals surface area contributed by atoms with E-state index in [-0.39, 0.29) is 16.6 Å². The molecule has 0 radical (unpaired) electrons. The fraction of sp³-hybridized carbons (Fsp3) is 0.200. The van der Waals surface area contributed by atoms with Gasteiger partial charge < -0.3 is 4.57 Å². The first kappa shape index (κ1) is 10.7. The number of alkyl halides is 3. The van der Waals surface area contributed by atoms with Gasteiger partial charge in [0.1, 0.15) is 5.65 Å². The van der Waals surface area contributed by atoms with E-state index in [1.54, 1.807) is 7.05 Å². The second-order valence-corrected chi connectivity index (χ2v) is 3.37. The number of fused-ring (bicyclic) bond motifs is 1. The molecule has 0 saturated heterocycles. The predicted molar refractivity (Wildman–Crippen MR) is 51.1 cm³/mol. The Bertz CT molecular complexity index is 557. The lowest BCUT2D eigenvalue weighted by molar-refractivity contribution is -0.136. The number of aldehydes is 1. The number of aryl methyl sites for hydroxylation is 1. The van der Waals surface area contributed by atoms with E-state index in [4.69, 9.17) is 0 Å². The predicted octanol–water partition coefficient (Wildman–Crippen LogP) is 2.40. The summed E-state index contributed by atoms with van der Waals surface area (Å²) in [7, 11) is 1.54. The summed E-state index contributed by atoms with van der Waals surface area (Å²) in [4.78, 5) is 14.5. The highest BCUT2D eigenvalue weighted by Crippen LogP contribution is 2.35. The molecule has 0 amide bonds. The van der Waals surface area contributed by atoms with Crippen LogP contribution in [0.3, 0.4) is 0 Å². The summed E-state index contributed by atoms with van der Waals surface area (Å²) in [6, 6.07) is 0.870. The zero-order valence-corrected chi connectivity index (χ0v) is 8.25. The van der Waals surface area contributed by atoms with E-state index >= 15 is 0 Å². The summed E-state index contributed by atoms with van der Waals surface area (Å²) in [5.41, 5.74) is -0.685. The third kappa shape index (κ3) is 1.46. The maximum absolute atomic E-state index is 12.7. The van der Waals surface area contributed by atoms with Gasteiger partial charge in [-0.15, -0.1) is 0 Å². The van der Waals surface area contributed by atoms with Crippen LogP contribution >= 0.6 is 0 Å². The first-order valence-corrected chi connectivity index (χ1v) is 4.41. The van der Waals surface area contributed by atoms with E-state index in [1.807, 2.05) is 0 Å². The van der Waals surface area contributed by atoms with Crippen molar-refractivity contribution in [1.82, 2.24) is 9.55 Å². The number of rotatable bonds is 1. The maximum atomic E-state index is 12.7. The second-order valence-electron chi connectivity index (χ2n) is 3.37. The maximum Gasteiger partial charge on any atom is 0.417 e. The third-order valence-electron chi connectivity index (χ3n) is 2.32. The van der Waals surface area contributed by atoms with Gasteiger partial charge in [-0.25, -0.2) is 4.98 Å². The molecule has 0 aliphatic rings. The molecule has 0 bridgehead atoms. The SMILES string of the molecule is Cn1cc(C=O)c2c(C(F)(F)F)ccnc21. The smallest absolute Gasteiger partial charge is 0.335 e. The highest BCUT2D eigenvalue weighted by molar-refractivity contribution is 5.98. The highest BCUT2D eigenvalue weighted by atomic mass is 19.4. The van der Waals surface area contributed by atoms with Crippen LogP contribution in [0.15, 0.2) is 18.5 Å². The van der Waals surface area contributed by atoms with Crippen molar-refractivity contribution in [2.45, 2.75) is 6.18 Å². The van der Waals surface area contributed by atoms with Crippen LogP contribution in [0.5, 0.6) is 0 Å². The zero-order chi connectivity index (χ0) is 11.9. The first-order chi connectivity index (χ1) is 7.45. The molecule has 0 spiro atoms. The van der Waals surface area contributed by atoms with Gasteiger partial charge >= 0.3 is 6.18 Å². The van der Waals surface area contributed by atoms with E-state index < -0.39 is 11.7 Å². The van der Waals surface area contributed by atoms with E-state index in [9.17, 15) is 18.0 Å². The average molecular weight is 228 g/mol. The quantitative estimate of drug-likeness (QED) is 0.702. The Morgan fingerprint density at radius 2 is 2.12 bits per heavy atom. The van der Waals surface area contributed by atoms with Gasteiger partial charge in [-0.05, 0) is 6.07 Å². The molecule has 2 heterocycles. The lowest BCUT2D eigenvalue weighted by Crippen LogP contribution is -2.06. The third-order valence-corrected chi connectivity index (χ3v) is 2.32. The van der Waals surface area contributed by atoms with Crippen molar-refractivity contribution in [3.8, 4) is 0 Å². The molecule has 0 saturated carbocycles. The molecule has 0 aromatic carbocycles. The molecule has 6 heteroatoms. The number of hydrogen-bond acceptors (Lipinski definition) is 2. The summed E-state index contributed by atoms with van der Waals surface area (Å²) >= 11 is 0. The molecular weight excluding hydrogens is 221 g/mol. The van der Waals surface area contributed by atoms with Crippen molar-refractivity contribution < 1.29 is 18.0 Å². The van der Waals surface area contributed by atoms with Gasteiger partial charge in [-0.2, -0.15) is 13.2 Å². The summed E-state index contributed by atoms with van der Waals surface area (Å²) < 4.78 is 39.5. The number of carbonyl (C=O) groups is 1. The summed E-state index contributed by atoms with van der Waals surface area (Å²) in [5, 5.41) is -0.146. The normalized spacial score (nSPS) is 12.0. The van der Waals surface area contributed by atoms with E-state index in [1.165, 1.54) is 10.8 Å². The van der Waals surface area contributed by atoms with Crippen molar-refractivity contribution in [3.05, 3.63) is 29.6 Å². The Balaban J connectivity index is 2.90. The Hall–Kier alpha value is -1.85. The van der Waals surface area contributed by atoms with Crippen LogP contribution in [0.1, 0.15) is 15.9 Å². The minimum Gasteiger partial charge on any atom is -0.335 e. The molecule has 0 unspecified atom stereocenters.